The van der Waals surface area contributed by atoms with Crippen molar-refractivity contribution in [3.63, 3.8) is 0 Å². The molecular formula is C24H25N5O4. The van der Waals surface area contributed by atoms with Crippen molar-refractivity contribution in [3.05, 3.63) is 48.6 Å². The molecule has 1 aromatic carbocycles. The van der Waals surface area contributed by atoms with Crippen LogP contribution in [0, 0.1) is 5.92 Å². The molecule has 4 heterocycles. The molecule has 6 rings (SSSR count). The Bertz CT molecular complexity index is 1250. The fraction of sp³-hybridized carbons (Fsp3) is 0.375. The number of amides is 1. The predicted octanol–water partition coefficient (Wildman–Crippen LogP) is 3.08. The fourth-order valence-electron chi connectivity index (χ4n) is 4.25. The van der Waals surface area contributed by atoms with Gasteiger partial charge in [0.2, 0.25) is 5.88 Å². The summed E-state index contributed by atoms with van der Waals surface area (Å²) in [5.41, 5.74) is 4.21. The molecule has 0 spiro atoms. The van der Waals surface area contributed by atoms with E-state index in [1.807, 2.05) is 18.3 Å². The van der Waals surface area contributed by atoms with Crippen molar-refractivity contribution in [2.75, 3.05) is 32.1 Å². The van der Waals surface area contributed by atoms with Gasteiger partial charge in [-0.2, -0.15) is 10.1 Å². The van der Waals surface area contributed by atoms with E-state index in [1.54, 1.807) is 35.1 Å². The van der Waals surface area contributed by atoms with E-state index < -0.39 is 6.10 Å². The molecule has 2 aliphatic heterocycles. The number of aromatic nitrogens is 3. The van der Waals surface area contributed by atoms with Crippen LogP contribution in [0.5, 0.6) is 11.6 Å². The van der Waals surface area contributed by atoms with Gasteiger partial charge in [0.15, 0.2) is 5.65 Å². The first-order chi connectivity index (χ1) is 16.2. The van der Waals surface area contributed by atoms with Crippen molar-refractivity contribution >= 4 is 17.2 Å². The van der Waals surface area contributed by atoms with E-state index in [0.29, 0.717) is 37.0 Å². The average Bonchev–Trinajstić information content (AvgIpc) is 3.49. The van der Waals surface area contributed by atoms with E-state index in [1.165, 1.54) is 12.8 Å². The molecule has 170 valence electrons. The van der Waals surface area contributed by atoms with E-state index in [-0.39, 0.29) is 5.91 Å². The van der Waals surface area contributed by atoms with Gasteiger partial charge in [0, 0.05) is 56.2 Å². The standard InChI is InChI=1S/C24H25N5O4/c1-31-21-11-18-14-33-22-4-6-29-23(27-22)20(12-26-29)16-8-17(25-5-7-28(18)24(21)30)10-19(9-16)32-13-15-2-3-15/h4,6,8-10,12,14-15,21,25H,2-3,5,7,11,13H2,1H3/b18-14+/t21-/m1/s1. The molecule has 1 saturated carbocycles. The average molecular weight is 447 g/mol. The SMILES string of the molecule is CO[C@@H]1C/C2=C\Oc3ccn4ncc(c4n3)-c3cc(cc(OCC4CC4)c3)NCCN2C1=O. The minimum Gasteiger partial charge on any atom is -0.493 e. The van der Waals surface area contributed by atoms with Gasteiger partial charge in [0.05, 0.1) is 18.5 Å². The number of benzene rings is 1. The van der Waals surface area contributed by atoms with Crippen LogP contribution >= 0.6 is 0 Å². The van der Waals surface area contributed by atoms with Crippen LogP contribution in [-0.2, 0) is 9.53 Å². The maximum absolute atomic E-state index is 12.8. The topological polar surface area (TPSA) is 90.2 Å². The highest BCUT2D eigenvalue weighted by molar-refractivity contribution is 5.86. The first kappa shape index (κ1) is 20.0. The molecule has 2 aromatic heterocycles. The Balaban J connectivity index is 1.42. The molecule has 0 radical (unpaired) electrons. The van der Waals surface area contributed by atoms with Gasteiger partial charge in [-0.15, -0.1) is 0 Å². The van der Waals surface area contributed by atoms with Crippen LogP contribution in [0.25, 0.3) is 16.8 Å². The van der Waals surface area contributed by atoms with Crippen LogP contribution in [0.4, 0.5) is 5.69 Å². The maximum atomic E-state index is 12.8. The van der Waals surface area contributed by atoms with Crippen LogP contribution < -0.4 is 14.8 Å². The van der Waals surface area contributed by atoms with Gasteiger partial charge in [0.25, 0.3) is 5.91 Å². The van der Waals surface area contributed by atoms with Crippen LogP contribution in [0.1, 0.15) is 19.3 Å². The maximum Gasteiger partial charge on any atom is 0.256 e. The molecule has 1 saturated heterocycles. The fourth-order valence-corrected chi connectivity index (χ4v) is 4.25. The third kappa shape index (κ3) is 3.89. The van der Waals surface area contributed by atoms with Gasteiger partial charge < -0.3 is 24.4 Å². The molecule has 1 amide bonds. The Morgan fingerprint density at radius 2 is 2.18 bits per heavy atom. The Morgan fingerprint density at radius 1 is 1.27 bits per heavy atom. The summed E-state index contributed by atoms with van der Waals surface area (Å²) in [5.74, 6) is 1.82. The molecule has 33 heavy (non-hydrogen) atoms. The number of rotatable bonds is 4. The Kier molecular flexibility index (Phi) is 4.91. The molecule has 3 aromatic rings. The lowest BCUT2D eigenvalue weighted by Crippen LogP contribution is -2.33. The number of methoxy groups -OCH3 is 1. The van der Waals surface area contributed by atoms with Gasteiger partial charge in [-0.05, 0) is 36.5 Å². The summed E-state index contributed by atoms with van der Waals surface area (Å²) in [6, 6.07) is 7.84. The van der Waals surface area contributed by atoms with E-state index in [2.05, 4.69) is 21.5 Å². The molecule has 2 fully saturated rings. The zero-order valence-corrected chi connectivity index (χ0v) is 18.4. The van der Waals surface area contributed by atoms with Crippen molar-refractivity contribution in [2.24, 2.45) is 5.92 Å². The van der Waals surface area contributed by atoms with E-state index in [0.717, 1.165) is 34.9 Å². The number of anilines is 1. The third-order valence-corrected chi connectivity index (χ3v) is 6.29. The van der Waals surface area contributed by atoms with Gasteiger partial charge in [-0.3, -0.25) is 4.79 Å². The molecule has 1 atom stereocenters. The highest BCUT2D eigenvalue weighted by Gasteiger charge is 2.36. The van der Waals surface area contributed by atoms with Crippen LogP contribution in [-0.4, -0.2) is 58.3 Å². The second kappa shape index (κ2) is 8.08. The Hall–Kier alpha value is -3.59. The molecule has 1 aliphatic carbocycles. The summed E-state index contributed by atoms with van der Waals surface area (Å²) in [6.07, 6.45) is 7.64. The zero-order valence-electron chi connectivity index (χ0n) is 18.4. The minimum atomic E-state index is -0.502. The lowest BCUT2D eigenvalue weighted by atomic mass is 10.1. The molecular weight excluding hydrogens is 422 g/mol. The van der Waals surface area contributed by atoms with Gasteiger partial charge in [-0.25, -0.2) is 4.52 Å². The molecule has 9 nitrogen and oxygen atoms in total. The smallest absolute Gasteiger partial charge is 0.256 e. The normalized spacial score (nSPS) is 21.7. The Labute approximate surface area is 190 Å². The van der Waals surface area contributed by atoms with Crippen LogP contribution in [0.3, 0.4) is 0 Å². The monoisotopic (exact) mass is 447 g/mol. The van der Waals surface area contributed by atoms with Crippen LogP contribution in [0.15, 0.2) is 48.6 Å². The van der Waals surface area contributed by atoms with Crippen molar-refractivity contribution in [1.29, 1.82) is 0 Å². The van der Waals surface area contributed by atoms with Crippen molar-refractivity contribution in [1.82, 2.24) is 19.5 Å². The summed E-state index contributed by atoms with van der Waals surface area (Å²) >= 11 is 0. The summed E-state index contributed by atoms with van der Waals surface area (Å²) < 4.78 is 19.1. The molecule has 3 aliphatic rings. The minimum absolute atomic E-state index is 0.0649. The molecule has 0 unspecified atom stereocenters. The van der Waals surface area contributed by atoms with Crippen molar-refractivity contribution < 1.29 is 19.0 Å². The first-order valence-electron chi connectivity index (χ1n) is 11.2. The molecule has 9 heteroatoms. The van der Waals surface area contributed by atoms with Crippen LogP contribution in [0.2, 0.25) is 0 Å². The largest absolute Gasteiger partial charge is 0.493 e. The van der Waals surface area contributed by atoms with Gasteiger partial charge in [-0.1, -0.05) is 0 Å². The summed E-state index contributed by atoms with van der Waals surface area (Å²) in [4.78, 5) is 19.2. The number of fused-ring (bicyclic) bond motifs is 5. The number of carbonyl (C=O) groups is 1. The van der Waals surface area contributed by atoms with Gasteiger partial charge >= 0.3 is 0 Å². The van der Waals surface area contributed by atoms with E-state index in [4.69, 9.17) is 14.2 Å². The van der Waals surface area contributed by atoms with E-state index in [9.17, 15) is 4.79 Å². The summed E-state index contributed by atoms with van der Waals surface area (Å²) in [7, 11) is 1.55. The number of nitrogens with one attached hydrogen (secondary N) is 1. The number of ether oxygens (including phenoxy) is 3. The number of carbonyl (C=O) groups excluding carboxylic acids is 1. The van der Waals surface area contributed by atoms with E-state index >= 15 is 0 Å². The lowest BCUT2D eigenvalue weighted by Gasteiger charge is -2.19. The zero-order chi connectivity index (χ0) is 22.4. The first-order valence-corrected chi connectivity index (χ1v) is 11.2. The number of hydrogen-bond acceptors (Lipinski definition) is 7. The molecule has 4 bridgehead atoms. The number of hydrogen-bond donors (Lipinski definition) is 1. The summed E-state index contributed by atoms with van der Waals surface area (Å²) in [6.45, 7) is 1.78. The Morgan fingerprint density at radius 3 is 3.03 bits per heavy atom. The lowest BCUT2D eigenvalue weighted by molar-refractivity contribution is -0.135. The summed E-state index contributed by atoms with van der Waals surface area (Å²) in [5, 5.41) is 7.90. The second-order valence-electron chi connectivity index (χ2n) is 8.66. The van der Waals surface area contributed by atoms with Gasteiger partial charge in [0.1, 0.15) is 18.1 Å². The highest BCUT2D eigenvalue weighted by atomic mass is 16.5. The third-order valence-electron chi connectivity index (χ3n) is 6.29. The number of nitrogens with zero attached hydrogens (tertiary/aromatic N) is 4. The van der Waals surface area contributed by atoms with Crippen molar-refractivity contribution in [2.45, 2.75) is 25.4 Å². The quantitative estimate of drug-likeness (QED) is 0.657. The highest BCUT2D eigenvalue weighted by Crippen LogP contribution is 2.34. The van der Waals surface area contributed by atoms with Crippen molar-refractivity contribution in [3.8, 4) is 22.8 Å². The predicted molar refractivity (Wildman–Crippen MR) is 121 cm³/mol. The molecule has 1 N–H and O–H groups in total. The second-order valence-corrected chi connectivity index (χ2v) is 8.66.